The topological polar surface area (TPSA) is 64.9 Å². The molecule has 0 aliphatic carbocycles. The molecule has 0 spiro atoms. The van der Waals surface area contributed by atoms with Gasteiger partial charge in [-0.25, -0.2) is 9.78 Å². The Morgan fingerprint density at radius 3 is 2.36 bits per heavy atom. The van der Waals surface area contributed by atoms with Crippen molar-refractivity contribution < 1.29 is 14.3 Å². The van der Waals surface area contributed by atoms with Crippen molar-refractivity contribution in [3.8, 4) is 22.8 Å². The molecule has 0 saturated heterocycles. The number of imidazole rings is 1. The van der Waals surface area contributed by atoms with Gasteiger partial charge < -0.3 is 14.8 Å². The van der Waals surface area contributed by atoms with Crippen molar-refractivity contribution in [2.45, 2.75) is 53.5 Å². The molecule has 0 bridgehead atoms. The average Bonchev–Trinajstić information content (AvgIpc) is 3.14. The molecule has 2 heterocycles. The lowest BCUT2D eigenvalue weighted by atomic mass is 9.82. The number of pyridine rings is 1. The van der Waals surface area contributed by atoms with E-state index in [1.165, 1.54) is 0 Å². The zero-order valence-electron chi connectivity index (χ0n) is 22.2. The standard InChI is InChI=1S/C30H35N3O3/c1-20-15-16-33-25(17-20)31-26(27(33)32-30(5,6)19-29(2,3)4)21-11-13-23(14-12-21)36-28(34)22-9-8-10-24(18-22)35-7/h8-18,32H,19H2,1-7H3. The molecule has 2 aromatic carbocycles. The van der Waals surface area contributed by atoms with Gasteiger partial charge in [0.25, 0.3) is 0 Å². The van der Waals surface area contributed by atoms with E-state index in [0.717, 1.165) is 34.7 Å². The molecule has 0 saturated carbocycles. The van der Waals surface area contributed by atoms with Crippen LogP contribution in [0.5, 0.6) is 11.5 Å². The van der Waals surface area contributed by atoms with Crippen LogP contribution < -0.4 is 14.8 Å². The molecule has 6 nitrogen and oxygen atoms in total. The molecular formula is C30H35N3O3. The van der Waals surface area contributed by atoms with Crippen molar-refractivity contribution in [3.05, 3.63) is 78.0 Å². The monoisotopic (exact) mass is 485 g/mol. The van der Waals surface area contributed by atoms with Crippen LogP contribution in [0.15, 0.2) is 66.9 Å². The summed E-state index contributed by atoms with van der Waals surface area (Å²) in [5, 5.41) is 3.77. The summed E-state index contributed by atoms with van der Waals surface area (Å²) < 4.78 is 12.9. The average molecular weight is 486 g/mol. The molecule has 4 rings (SSSR count). The number of anilines is 1. The van der Waals surface area contributed by atoms with Crippen LogP contribution in [0.1, 0.15) is 57.0 Å². The Bertz CT molecular complexity index is 1380. The van der Waals surface area contributed by atoms with E-state index in [1.54, 1.807) is 43.5 Å². The fraction of sp³-hybridized carbons (Fsp3) is 0.333. The number of benzene rings is 2. The SMILES string of the molecule is COc1cccc(C(=O)Oc2ccc(-c3nc4cc(C)ccn4c3NC(C)(C)CC(C)(C)C)cc2)c1. The maximum atomic E-state index is 12.6. The number of carbonyl (C=O) groups excluding carboxylic acids is 1. The summed E-state index contributed by atoms with van der Waals surface area (Å²) in [6.45, 7) is 13.3. The highest BCUT2D eigenvalue weighted by molar-refractivity contribution is 5.91. The zero-order valence-corrected chi connectivity index (χ0v) is 22.2. The van der Waals surface area contributed by atoms with E-state index in [2.05, 4.69) is 69.6 Å². The van der Waals surface area contributed by atoms with Crippen molar-refractivity contribution in [3.63, 3.8) is 0 Å². The van der Waals surface area contributed by atoms with Crippen LogP contribution in [-0.4, -0.2) is 28.0 Å². The Morgan fingerprint density at radius 2 is 1.69 bits per heavy atom. The van der Waals surface area contributed by atoms with Gasteiger partial charge in [0.05, 0.1) is 12.7 Å². The van der Waals surface area contributed by atoms with Gasteiger partial charge in [-0.1, -0.05) is 26.8 Å². The number of ether oxygens (including phenoxy) is 2. The molecule has 6 heteroatoms. The summed E-state index contributed by atoms with van der Waals surface area (Å²) in [4.78, 5) is 17.6. The van der Waals surface area contributed by atoms with Gasteiger partial charge in [0.1, 0.15) is 28.7 Å². The van der Waals surface area contributed by atoms with Crippen LogP contribution in [0.3, 0.4) is 0 Å². The second kappa shape index (κ2) is 9.69. The molecule has 0 aliphatic heterocycles. The van der Waals surface area contributed by atoms with Gasteiger partial charge in [-0.05, 0) is 92.8 Å². The van der Waals surface area contributed by atoms with Gasteiger partial charge in [0.15, 0.2) is 0 Å². The van der Waals surface area contributed by atoms with Crippen molar-refractivity contribution >= 4 is 17.4 Å². The fourth-order valence-corrected chi connectivity index (χ4v) is 4.75. The third-order valence-electron chi connectivity index (χ3n) is 5.85. The van der Waals surface area contributed by atoms with Crippen molar-refractivity contribution in [1.29, 1.82) is 0 Å². The second-order valence-corrected chi connectivity index (χ2v) is 11.1. The molecule has 36 heavy (non-hydrogen) atoms. The van der Waals surface area contributed by atoms with Gasteiger partial charge in [0.2, 0.25) is 0 Å². The first-order chi connectivity index (χ1) is 16.9. The molecule has 0 unspecified atom stereocenters. The van der Waals surface area contributed by atoms with E-state index in [9.17, 15) is 4.79 Å². The van der Waals surface area contributed by atoms with E-state index in [1.807, 2.05) is 12.1 Å². The van der Waals surface area contributed by atoms with Gasteiger partial charge in [-0.3, -0.25) is 4.40 Å². The number of aromatic nitrogens is 2. The van der Waals surface area contributed by atoms with E-state index in [0.29, 0.717) is 17.1 Å². The summed E-state index contributed by atoms with van der Waals surface area (Å²) in [5.74, 6) is 1.58. The molecule has 0 atom stereocenters. The number of hydrogen-bond acceptors (Lipinski definition) is 5. The molecule has 0 amide bonds. The number of fused-ring (bicyclic) bond motifs is 1. The molecule has 0 fully saturated rings. The summed E-state index contributed by atoms with van der Waals surface area (Å²) in [5.41, 5.74) is 4.27. The lowest BCUT2D eigenvalue weighted by Gasteiger charge is -2.34. The Labute approximate surface area is 213 Å². The first kappa shape index (κ1) is 25.3. The second-order valence-electron chi connectivity index (χ2n) is 11.1. The molecule has 2 aromatic heterocycles. The van der Waals surface area contributed by atoms with Gasteiger partial charge in [-0.15, -0.1) is 0 Å². The first-order valence-electron chi connectivity index (χ1n) is 12.2. The fourth-order valence-electron chi connectivity index (χ4n) is 4.75. The zero-order chi connectivity index (χ0) is 26.1. The molecule has 188 valence electrons. The number of nitrogens with zero attached hydrogens (tertiary/aromatic N) is 2. The van der Waals surface area contributed by atoms with E-state index in [4.69, 9.17) is 14.5 Å². The Balaban J connectivity index is 1.64. The number of aryl methyl sites for hydroxylation is 1. The normalized spacial score (nSPS) is 12.0. The number of nitrogens with one attached hydrogen (secondary N) is 1. The van der Waals surface area contributed by atoms with Crippen molar-refractivity contribution in [1.82, 2.24) is 9.38 Å². The molecule has 1 N–H and O–H groups in total. The quantitative estimate of drug-likeness (QED) is 0.222. The van der Waals surface area contributed by atoms with Crippen molar-refractivity contribution in [2.75, 3.05) is 12.4 Å². The minimum Gasteiger partial charge on any atom is -0.497 e. The van der Waals surface area contributed by atoms with Crippen LogP contribution in [0.2, 0.25) is 0 Å². The number of carbonyl (C=O) groups is 1. The van der Waals surface area contributed by atoms with Crippen LogP contribution in [-0.2, 0) is 0 Å². The van der Waals surface area contributed by atoms with Gasteiger partial charge in [0, 0.05) is 17.3 Å². The lowest BCUT2D eigenvalue weighted by molar-refractivity contribution is 0.0734. The highest BCUT2D eigenvalue weighted by Crippen LogP contribution is 2.35. The Morgan fingerprint density at radius 1 is 0.972 bits per heavy atom. The molecular weight excluding hydrogens is 450 g/mol. The predicted molar refractivity (Wildman–Crippen MR) is 145 cm³/mol. The van der Waals surface area contributed by atoms with E-state index in [-0.39, 0.29) is 11.0 Å². The Kier molecular flexibility index (Phi) is 6.81. The maximum Gasteiger partial charge on any atom is 0.343 e. The van der Waals surface area contributed by atoms with Crippen LogP contribution in [0, 0.1) is 12.3 Å². The lowest BCUT2D eigenvalue weighted by Crippen LogP contribution is -2.36. The summed E-state index contributed by atoms with van der Waals surface area (Å²) in [6, 6.07) is 18.5. The number of esters is 1. The highest BCUT2D eigenvalue weighted by atomic mass is 16.5. The smallest absolute Gasteiger partial charge is 0.343 e. The minimum atomic E-state index is -0.434. The third-order valence-corrected chi connectivity index (χ3v) is 5.85. The molecule has 0 radical (unpaired) electrons. The van der Waals surface area contributed by atoms with Gasteiger partial charge in [-0.2, -0.15) is 0 Å². The van der Waals surface area contributed by atoms with E-state index < -0.39 is 5.97 Å². The largest absolute Gasteiger partial charge is 0.497 e. The maximum absolute atomic E-state index is 12.6. The van der Waals surface area contributed by atoms with Crippen LogP contribution in [0.4, 0.5) is 5.82 Å². The summed E-state index contributed by atoms with van der Waals surface area (Å²) >= 11 is 0. The molecule has 0 aliphatic rings. The highest BCUT2D eigenvalue weighted by Gasteiger charge is 2.28. The molecule has 4 aromatic rings. The summed E-state index contributed by atoms with van der Waals surface area (Å²) in [7, 11) is 1.57. The summed E-state index contributed by atoms with van der Waals surface area (Å²) in [6.07, 6.45) is 3.04. The third kappa shape index (κ3) is 5.88. The number of methoxy groups -OCH3 is 1. The minimum absolute atomic E-state index is 0.153. The van der Waals surface area contributed by atoms with Crippen LogP contribution in [0.25, 0.3) is 16.9 Å². The number of hydrogen-bond donors (Lipinski definition) is 1. The van der Waals surface area contributed by atoms with E-state index >= 15 is 0 Å². The van der Waals surface area contributed by atoms with Crippen LogP contribution >= 0.6 is 0 Å². The Hall–Kier alpha value is -3.80. The first-order valence-corrected chi connectivity index (χ1v) is 12.2. The van der Waals surface area contributed by atoms with Gasteiger partial charge >= 0.3 is 5.97 Å². The number of rotatable bonds is 7. The predicted octanol–water partition coefficient (Wildman–Crippen LogP) is 7.16. The van der Waals surface area contributed by atoms with Crippen molar-refractivity contribution in [2.24, 2.45) is 5.41 Å².